The zero-order chi connectivity index (χ0) is 11.5. The Kier molecular flexibility index (Phi) is 9.96. The summed E-state index contributed by atoms with van der Waals surface area (Å²) in [6.07, 6.45) is 10.8. The van der Waals surface area contributed by atoms with Gasteiger partial charge in [0.1, 0.15) is 0 Å². The van der Waals surface area contributed by atoms with Crippen LogP contribution in [0.15, 0.2) is 12.2 Å². The van der Waals surface area contributed by atoms with E-state index in [9.17, 15) is 5.11 Å². The molecule has 0 bridgehead atoms. The normalized spacial score (nSPS) is 15.7. The largest absolute Gasteiger partial charge is 0.390 e. The molecular weight excluding hydrogens is 188 g/mol. The van der Waals surface area contributed by atoms with Crippen molar-refractivity contribution < 1.29 is 9.84 Å². The molecule has 0 aromatic heterocycles. The zero-order valence-corrected chi connectivity index (χ0v) is 10.4. The minimum absolute atomic E-state index is 0.0472. The quantitative estimate of drug-likeness (QED) is 0.471. The molecule has 0 rings (SSSR count). The molecule has 0 radical (unpaired) electrons. The van der Waals surface area contributed by atoms with Gasteiger partial charge in [0, 0.05) is 7.11 Å². The third-order valence-electron chi connectivity index (χ3n) is 2.68. The van der Waals surface area contributed by atoms with E-state index in [1.807, 2.05) is 6.92 Å². The molecule has 0 aromatic rings. The topological polar surface area (TPSA) is 29.5 Å². The van der Waals surface area contributed by atoms with Gasteiger partial charge in [-0.15, -0.1) is 0 Å². The van der Waals surface area contributed by atoms with Crippen LogP contribution in [0.5, 0.6) is 0 Å². The molecule has 0 aromatic carbocycles. The van der Waals surface area contributed by atoms with Gasteiger partial charge in [0.25, 0.3) is 0 Å². The van der Waals surface area contributed by atoms with E-state index in [0.717, 1.165) is 19.3 Å². The molecule has 0 aliphatic heterocycles. The number of aliphatic hydroxyl groups is 1. The summed E-state index contributed by atoms with van der Waals surface area (Å²) in [4.78, 5) is 0. The van der Waals surface area contributed by atoms with Crippen molar-refractivity contribution >= 4 is 0 Å². The molecule has 0 spiro atoms. The summed E-state index contributed by atoms with van der Waals surface area (Å²) in [5.41, 5.74) is 0. The summed E-state index contributed by atoms with van der Waals surface area (Å²) in [7, 11) is 1.64. The molecule has 15 heavy (non-hydrogen) atoms. The molecule has 0 fully saturated rings. The van der Waals surface area contributed by atoms with Crippen LogP contribution in [0.3, 0.4) is 0 Å². The Balaban J connectivity index is 3.33. The van der Waals surface area contributed by atoms with Crippen LogP contribution in [0.1, 0.15) is 52.4 Å². The molecule has 2 atom stereocenters. The number of ether oxygens (including phenoxy) is 1. The number of hydrogen-bond acceptors (Lipinski definition) is 2. The van der Waals surface area contributed by atoms with E-state index in [2.05, 4.69) is 19.1 Å². The van der Waals surface area contributed by atoms with Crippen molar-refractivity contribution in [2.75, 3.05) is 7.11 Å². The molecule has 0 amide bonds. The Labute approximate surface area is 94.3 Å². The SMILES string of the molecule is CCCC/C=C/CCCC(O)C(C)OC. The van der Waals surface area contributed by atoms with Gasteiger partial charge in [-0.05, 0) is 32.6 Å². The Morgan fingerprint density at radius 1 is 1.20 bits per heavy atom. The third-order valence-corrected chi connectivity index (χ3v) is 2.68. The maximum atomic E-state index is 9.61. The number of unbranched alkanes of at least 4 members (excludes halogenated alkanes) is 3. The van der Waals surface area contributed by atoms with Crippen LogP contribution in [0, 0.1) is 0 Å². The predicted octanol–water partition coefficient (Wildman–Crippen LogP) is 3.30. The van der Waals surface area contributed by atoms with Crippen molar-refractivity contribution in [1.29, 1.82) is 0 Å². The second-order valence-electron chi connectivity index (χ2n) is 4.05. The summed E-state index contributed by atoms with van der Waals surface area (Å²) in [6.45, 7) is 4.11. The molecule has 0 heterocycles. The Morgan fingerprint density at radius 2 is 1.80 bits per heavy atom. The number of aliphatic hydroxyl groups excluding tert-OH is 1. The Hall–Kier alpha value is -0.340. The van der Waals surface area contributed by atoms with Crippen molar-refractivity contribution in [3.63, 3.8) is 0 Å². The zero-order valence-electron chi connectivity index (χ0n) is 10.4. The molecule has 2 nitrogen and oxygen atoms in total. The summed E-state index contributed by atoms with van der Waals surface area (Å²) < 4.78 is 5.05. The number of methoxy groups -OCH3 is 1. The first-order chi connectivity index (χ1) is 7.22. The van der Waals surface area contributed by atoms with Gasteiger partial charge in [0.2, 0.25) is 0 Å². The van der Waals surface area contributed by atoms with Crippen LogP contribution in [0.25, 0.3) is 0 Å². The van der Waals surface area contributed by atoms with E-state index in [4.69, 9.17) is 4.74 Å². The van der Waals surface area contributed by atoms with Gasteiger partial charge in [-0.3, -0.25) is 0 Å². The van der Waals surface area contributed by atoms with E-state index in [0.29, 0.717) is 0 Å². The number of allylic oxidation sites excluding steroid dienone is 2. The first kappa shape index (κ1) is 14.7. The molecule has 0 saturated heterocycles. The van der Waals surface area contributed by atoms with Crippen LogP contribution < -0.4 is 0 Å². The highest BCUT2D eigenvalue weighted by Crippen LogP contribution is 2.08. The van der Waals surface area contributed by atoms with E-state index < -0.39 is 0 Å². The Bertz CT molecular complexity index is 155. The fourth-order valence-electron chi connectivity index (χ4n) is 1.39. The lowest BCUT2D eigenvalue weighted by atomic mass is 10.1. The second-order valence-corrected chi connectivity index (χ2v) is 4.05. The van der Waals surface area contributed by atoms with Gasteiger partial charge in [-0.25, -0.2) is 0 Å². The fraction of sp³-hybridized carbons (Fsp3) is 0.846. The average Bonchev–Trinajstić information content (AvgIpc) is 2.26. The van der Waals surface area contributed by atoms with E-state index in [-0.39, 0.29) is 12.2 Å². The van der Waals surface area contributed by atoms with Crippen LogP contribution in [0.4, 0.5) is 0 Å². The first-order valence-electron chi connectivity index (χ1n) is 6.08. The highest BCUT2D eigenvalue weighted by Gasteiger charge is 2.11. The highest BCUT2D eigenvalue weighted by atomic mass is 16.5. The minimum Gasteiger partial charge on any atom is -0.390 e. The van der Waals surface area contributed by atoms with Crippen molar-refractivity contribution in [3.05, 3.63) is 12.2 Å². The smallest absolute Gasteiger partial charge is 0.0802 e. The molecule has 2 heteroatoms. The average molecular weight is 214 g/mol. The van der Waals surface area contributed by atoms with Crippen molar-refractivity contribution in [2.24, 2.45) is 0 Å². The molecule has 90 valence electrons. The molecule has 1 N–H and O–H groups in total. The van der Waals surface area contributed by atoms with Crippen molar-refractivity contribution in [2.45, 2.75) is 64.6 Å². The lowest BCUT2D eigenvalue weighted by Gasteiger charge is -2.16. The monoisotopic (exact) mass is 214 g/mol. The lowest BCUT2D eigenvalue weighted by molar-refractivity contribution is -0.00490. The van der Waals surface area contributed by atoms with Gasteiger partial charge in [-0.1, -0.05) is 31.9 Å². The summed E-state index contributed by atoms with van der Waals surface area (Å²) in [5.74, 6) is 0. The number of hydrogen-bond donors (Lipinski definition) is 1. The third kappa shape index (κ3) is 8.64. The van der Waals surface area contributed by atoms with E-state index in [1.54, 1.807) is 7.11 Å². The van der Waals surface area contributed by atoms with Gasteiger partial charge in [0.05, 0.1) is 12.2 Å². The van der Waals surface area contributed by atoms with Crippen molar-refractivity contribution in [1.82, 2.24) is 0 Å². The van der Waals surface area contributed by atoms with Gasteiger partial charge < -0.3 is 9.84 Å². The fourth-order valence-corrected chi connectivity index (χ4v) is 1.39. The number of rotatable bonds is 9. The predicted molar refractivity (Wildman–Crippen MR) is 65.0 cm³/mol. The maximum Gasteiger partial charge on any atom is 0.0802 e. The Morgan fingerprint density at radius 3 is 2.33 bits per heavy atom. The van der Waals surface area contributed by atoms with Gasteiger partial charge >= 0.3 is 0 Å². The van der Waals surface area contributed by atoms with Crippen LogP contribution in [-0.2, 0) is 4.74 Å². The van der Waals surface area contributed by atoms with E-state index in [1.165, 1.54) is 19.3 Å². The van der Waals surface area contributed by atoms with Crippen molar-refractivity contribution in [3.8, 4) is 0 Å². The second kappa shape index (κ2) is 10.2. The van der Waals surface area contributed by atoms with Crippen LogP contribution >= 0.6 is 0 Å². The van der Waals surface area contributed by atoms with E-state index >= 15 is 0 Å². The van der Waals surface area contributed by atoms with Crippen LogP contribution in [-0.4, -0.2) is 24.4 Å². The molecule has 0 saturated carbocycles. The standard InChI is InChI=1S/C13H26O2/c1-4-5-6-7-8-9-10-11-13(14)12(2)15-3/h7-8,12-14H,4-6,9-11H2,1-3H3/b8-7+. The molecule has 0 aliphatic rings. The molecule has 2 unspecified atom stereocenters. The summed E-state index contributed by atoms with van der Waals surface area (Å²) >= 11 is 0. The molecular formula is C13H26O2. The van der Waals surface area contributed by atoms with Crippen LogP contribution in [0.2, 0.25) is 0 Å². The highest BCUT2D eigenvalue weighted by molar-refractivity contribution is 4.81. The van der Waals surface area contributed by atoms with Gasteiger partial charge in [0.15, 0.2) is 0 Å². The van der Waals surface area contributed by atoms with Gasteiger partial charge in [-0.2, -0.15) is 0 Å². The lowest BCUT2D eigenvalue weighted by Crippen LogP contribution is -2.24. The minimum atomic E-state index is -0.320. The summed E-state index contributed by atoms with van der Waals surface area (Å²) in [6, 6.07) is 0. The molecule has 0 aliphatic carbocycles. The maximum absolute atomic E-state index is 9.61. The summed E-state index contributed by atoms with van der Waals surface area (Å²) in [5, 5.41) is 9.61. The first-order valence-corrected chi connectivity index (χ1v) is 6.08.